The average Bonchev–Trinajstić information content (AvgIpc) is 3.59. The number of carbonyl (C=O) groups is 4. The Morgan fingerprint density at radius 1 is 0.804 bits per heavy atom. The van der Waals surface area contributed by atoms with Gasteiger partial charge < -0.3 is 43.6 Å². The van der Waals surface area contributed by atoms with Gasteiger partial charge in [0.2, 0.25) is 23.6 Å². The van der Waals surface area contributed by atoms with E-state index in [0.717, 1.165) is 31.2 Å². The smallest absolute Gasteiger partial charge is 0.244 e. The van der Waals surface area contributed by atoms with E-state index in [1.807, 2.05) is 30.3 Å². The fourth-order valence-electron chi connectivity index (χ4n) is 5.34. The van der Waals surface area contributed by atoms with Crippen molar-refractivity contribution in [1.82, 2.24) is 16.0 Å². The molecule has 46 heavy (non-hydrogen) atoms. The number of nitrogens with two attached hydrogens (primary N) is 4. The van der Waals surface area contributed by atoms with Crippen molar-refractivity contribution in [2.45, 2.75) is 82.5 Å². The van der Waals surface area contributed by atoms with E-state index in [1.54, 1.807) is 24.3 Å². The van der Waals surface area contributed by atoms with Gasteiger partial charge in [0.1, 0.15) is 30.5 Å². The molecule has 0 unspecified atom stereocenters. The molecule has 1 saturated carbocycles. The topological polar surface area (TPSA) is 230 Å². The molecule has 0 spiro atoms. The molecule has 3 atom stereocenters. The Kier molecular flexibility index (Phi) is 14.8. The van der Waals surface area contributed by atoms with Crippen LogP contribution >= 0.6 is 0 Å². The second kappa shape index (κ2) is 19.0. The molecule has 250 valence electrons. The van der Waals surface area contributed by atoms with E-state index in [9.17, 15) is 19.2 Å². The summed E-state index contributed by atoms with van der Waals surface area (Å²) < 4.78 is 5.82. The van der Waals surface area contributed by atoms with Crippen molar-refractivity contribution in [3.8, 4) is 5.75 Å². The van der Waals surface area contributed by atoms with Gasteiger partial charge in [-0.3, -0.25) is 24.2 Å². The lowest BCUT2D eigenvalue weighted by molar-refractivity contribution is -0.134. The molecule has 2 aromatic rings. The lowest BCUT2D eigenvalue weighted by Crippen LogP contribution is -2.55. The SMILES string of the molecule is NCCCC[C@H](NC(=O)[C@H](CCCN=C(N)N)NC(=O)C1CCCC1)C(=O)N[C@@H](C(N)=O)c1ccc(OCc2ccccc2)cc1. The number of amides is 4. The summed E-state index contributed by atoms with van der Waals surface area (Å²) >= 11 is 0. The molecule has 1 aliphatic carbocycles. The Morgan fingerprint density at radius 2 is 1.43 bits per heavy atom. The summed E-state index contributed by atoms with van der Waals surface area (Å²) in [5, 5.41) is 8.36. The predicted octanol–water partition coefficient (Wildman–Crippen LogP) is 1.25. The molecule has 0 heterocycles. The van der Waals surface area contributed by atoms with Crippen LogP contribution in [0, 0.1) is 5.92 Å². The standard InChI is InChI=1S/C33H48N8O5/c34-19-7-6-13-26(40-31(44)27(14-8-20-38-33(36)37)39-30(43)24-11-4-5-12-24)32(45)41-28(29(35)42)23-15-17-25(18-16-23)46-21-22-9-2-1-3-10-22/h1-3,9-10,15-18,24,26-28H,4-8,11-14,19-21,34H2,(H2,35,42)(H,39,43)(H,40,44)(H,41,45)(H4,36,37,38)/t26-,27-,28+/m0/s1. The first kappa shape index (κ1) is 35.8. The highest BCUT2D eigenvalue weighted by Crippen LogP contribution is 2.25. The first-order chi connectivity index (χ1) is 22.2. The Bertz CT molecular complexity index is 1290. The molecule has 1 fully saturated rings. The van der Waals surface area contributed by atoms with Crippen LogP contribution in [-0.4, -0.2) is 54.8 Å². The van der Waals surface area contributed by atoms with Crippen LogP contribution in [0.5, 0.6) is 5.75 Å². The van der Waals surface area contributed by atoms with E-state index in [2.05, 4.69) is 20.9 Å². The first-order valence-corrected chi connectivity index (χ1v) is 15.9. The third-order valence-corrected chi connectivity index (χ3v) is 7.92. The molecule has 0 radical (unpaired) electrons. The van der Waals surface area contributed by atoms with Crippen LogP contribution in [-0.2, 0) is 25.8 Å². The zero-order valence-corrected chi connectivity index (χ0v) is 26.3. The van der Waals surface area contributed by atoms with Crippen LogP contribution < -0.4 is 43.6 Å². The van der Waals surface area contributed by atoms with Crippen molar-refractivity contribution in [3.05, 3.63) is 65.7 Å². The fourth-order valence-corrected chi connectivity index (χ4v) is 5.34. The Morgan fingerprint density at radius 3 is 2.07 bits per heavy atom. The maximum Gasteiger partial charge on any atom is 0.244 e. The number of benzene rings is 2. The van der Waals surface area contributed by atoms with Gasteiger partial charge in [-0.05, 0) is 74.8 Å². The predicted molar refractivity (Wildman–Crippen MR) is 176 cm³/mol. The number of hydrogen-bond donors (Lipinski definition) is 7. The number of unbranched alkanes of at least 4 members (excludes halogenated alkanes) is 1. The van der Waals surface area contributed by atoms with Crippen LogP contribution in [0.15, 0.2) is 59.6 Å². The lowest BCUT2D eigenvalue weighted by Gasteiger charge is -2.25. The van der Waals surface area contributed by atoms with Crippen molar-refractivity contribution in [3.63, 3.8) is 0 Å². The summed E-state index contributed by atoms with van der Waals surface area (Å²) in [5.74, 6) is -1.68. The van der Waals surface area contributed by atoms with Crippen LogP contribution in [0.3, 0.4) is 0 Å². The van der Waals surface area contributed by atoms with Crippen molar-refractivity contribution in [2.75, 3.05) is 13.1 Å². The van der Waals surface area contributed by atoms with E-state index < -0.39 is 35.8 Å². The summed E-state index contributed by atoms with van der Waals surface area (Å²) in [6.45, 7) is 1.06. The largest absolute Gasteiger partial charge is 0.489 e. The lowest BCUT2D eigenvalue weighted by atomic mass is 10.0. The highest BCUT2D eigenvalue weighted by atomic mass is 16.5. The number of guanidine groups is 1. The first-order valence-electron chi connectivity index (χ1n) is 15.9. The summed E-state index contributed by atoms with van der Waals surface area (Å²) in [5.41, 5.74) is 23.7. The molecule has 13 heteroatoms. The number of ether oxygens (including phenoxy) is 1. The number of rotatable bonds is 19. The molecule has 0 aromatic heterocycles. The second-order valence-corrected chi connectivity index (χ2v) is 11.5. The van der Waals surface area contributed by atoms with Gasteiger partial charge >= 0.3 is 0 Å². The zero-order valence-electron chi connectivity index (χ0n) is 26.3. The summed E-state index contributed by atoms with van der Waals surface area (Å²) in [4.78, 5) is 56.5. The quantitative estimate of drug-likeness (QED) is 0.0672. The van der Waals surface area contributed by atoms with Gasteiger partial charge in [0, 0.05) is 12.5 Å². The van der Waals surface area contributed by atoms with E-state index in [4.69, 9.17) is 27.7 Å². The van der Waals surface area contributed by atoms with Crippen molar-refractivity contribution >= 4 is 29.6 Å². The van der Waals surface area contributed by atoms with Gasteiger partial charge in [-0.1, -0.05) is 55.3 Å². The molecule has 0 aliphatic heterocycles. The molecular formula is C33H48N8O5. The molecule has 11 N–H and O–H groups in total. The minimum absolute atomic E-state index is 0.0639. The normalized spacial score (nSPS) is 14.8. The van der Waals surface area contributed by atoms with Crippen molar-refractivity contribution in [1.29, 1.82) is 0 Å². The molecule has 13 nitrogen and oxygen atoms in total. The monoisotopic (exact) mass is 636 g/mol. The van der Waals surface area contributed by atoms with Gasteiger partial charge in [0.25, 0.3) is 0 Å². The Labute approximate surface area is 270 Å². The van der Waals surface area contributed by atoms with Gasteiger partial charge in [0.15, 0.2) is 5.96 Å². The van der Waals surface area contributed by atoms with Crippen LogP contribution in [0.1, 0.15) is 75.0 Å². The maximum absolute atomic E-state index is 13.6. The number of carbonyl (C=O) groups excluding carboxylic acids is 4. The minimum Gasteiger partial charge on any atom is -0.489 e. The summed E-state index contributed by atoms with van der Waals surface area (Å²) in [6.07, 6.45) is 5.61. The molecule has 0 saturated heterocycles. The Balaban J connectivity index is 1.70. The molecule has 1 aliphatic rings. The van der Waals surface area contributed by atoms with Gasteiger partial charge in [-0.25, -0.2) is 0 Å². The summed E-state index contributed by atoms with van der Waals surface area (Å²) in [6, 6.07) is 13.3. The molecule has 2 aromatic carbocycles. The van der Waals surface area contributed by atoms with Crippen LogP contribution in [0.4, 0.5) is 0 Å². The minimum atomic E-state index is -1.15. The average molecular weight is 637 g/mol. The maximum atomic E-state index is 13.6. The van der Waals surface area contributed by atoms with Gasteiger partial charge in [-0.2, -0.15) is 0 Å². The number of primary amides is 1. The molecule has 0 bridgehead atoms. The van der Waals surface area contributed by atoms with E-state index in [-0.39, 0.29) is 37.2 Å². The fraction of sp³-hybridized carbons (Fsp3) is 0.485. The third kappa shape index (κ3) is 12.0. The molecular weight excluding hydrogens is 588 g/mol. The number of nitrogens with one attached hydrogen (secondary N) is 3. The number of aliphatic imine (C=N–C) groups is 1. The van der Waals surface area contributed by atoms with Crippen molar-refractivity contribution in [2.24, 2.45) is 33.8 Å². The third-order valence-electron chi connectivity index (χ3n) is 7.92. The highest BCUT2D eigenvalue weighted by molar-refractivity contribution is 5.94. The zero-order chi connectivity index (χ0) is 33.3. The van der Waals surface area contributed by atoms with Gasteiger partial charge in [0.05, 0.1) is 0 Å². The van der Waals surface area contributed by atoms with Crippen molar-refractivity contribution < 1.29 is 23.9 Å². The van der Waals surface area contributed by atoms with E-state index in [1.165, 1.54) is 0 Å². The number of nitrogens with zero attached hydrogens (tertiary/aromatic N) is 1. The Hall–Kier alpha value is -4.65. The summed E-state index contributed by atoms with van der Waals surface area (Å²) in [7, 11) is 0. The van der Waals surface area contributed by atoms with Crippen LogP contribution in [0.2, 0.25) is 0 Å². The van der Waals surface area contributed by atoms with E-state index >= 15 is 0 Å². The van der Waals surface area contributed by atoms with Crippen LogP contribution in [0.25, 0.3) is 0 Å². The second-order valence-electron chi connectivity index (χ2n) is 11.5. The highest BCUT2D eigenvalue weighted by Gasteiger charge is 2.31. The van der Waals surface area contributed by atoms with E-state index in [0.29, 0.717) is 43.7 Å². The number of hydrogen-bond acceptors (Lipinski definition) is 7. The van der Waals surface area contributed by atoms with Gasteiger partial charge in [-0.15, -0.1) is 0 Å². The molecule has 3 rings (SSSR count). The molecule has 4 amide bonds.